The summed E-state index contributed by atoms with van der Waals surface area (Å²) in [5, 5.41) is 24.4. The number of nitrogens with one attached hydrogen (secondary N) is 1. The third-order valence-electron chi connectivity index (χ3n) is 5.04. The fourth-order valence-corrected chi connectivity index (χ4v) is 3.68. The van der Waals surface area contributed by atoms with Gasteiger partial charge in [-0.1, -0.05) is 0 Å². The molecule has 0 aliphatic carbocycles. The Morgan fingerprint density at radius 1 is 1.28 bits per heavy atom. The largest absolute Gasteiger partial charge is 0.390 e. The van der Waals surface area contributed by atoms with E-state index in [1.165, 1.54) is 17.2 Å². The van der Waals surface area contributed by atoms with Crippen LogP contribution in [0.4, 0.5) is 0 Å². The van der Waals surface area contributed by atoms with Crippen molar-refractivity contribution in [3.05, 3.63) is 18.5 Å². The van der Waals surface area contributed by atoms with Crippen LogP contribution in [0.2, 0.25) is 0 Å². The number of rotatable bonds is 2. The molecular formula is C15H21N7O3. The molecule has 2 aromatic rings. The lowest BCUT2D eigenvalue weighted by Gasteiger charge is -2.48. The number of carbonyl (C=O) groups is 1. The number of aromatic nitrogens is 6. The molecule has 10 heteroatoms. The lowest BCUT2D eigenvalue weighted by atomic mass is 9.78. The molecule has 4 heterocycles. The Morgan fingerprint density at radius 3 is 2.68 bits per heavy atom. The maximum Gasteiger partial charge on any atom is 0.291 e. The van der Waals surface area contributed by atoms with E-state index >= 15 is 0 Å². The number of amides is 1. The van der Waals surface area contributed by atoms with Crippen LogP contribution in [0.5, 0.6) is 0 Å². The lowest BCUT2D eigenvalue weighted by Crippen LogP contribution is -2.54. The second-order valence-electron chi connectivity index (χ2n) is 7.10. The number of hydrogen-bond acceptors (Lipinski definition) is 7. The first-order valence-corrected chi connectivity index (χ1v) is 8.40. The summed E-state index contributed by atoms with van der Waals surface area (Å²) in [5.41, 5.74) is -1.02. The van der Waals surface area contributed by atoms with Gasteiger partial charge in [-0.25, -0.2) is 0 Å². The van der Waals surface area contributed by atoms with Gasteiger partial charge in [0, 0.05) is 19.5 Å². The van der Waals surface area contributed by atoms with E-state index in [9.17, 15) is 9.90 Å². The van der Waals surface area contributed by atoms with Gasteiger partial charge in [-0.15, -0.1) is 15.3 Å². The number of ether oxygens (including phenoxy) is 1. The molecule has 1 amide bonds. The van der Waals surface area contributed by atoms with E-state index in [-0.39, 0.29) is 17.3 Å². The highest BCUT2D eigenvalue weighted by molar-refractivity contribution is 5.90. The van der Waals surface area contributed by atoms with Gasteiger partial charge in [0.05, 0.1) is 17.8 Å². The van der Waals surface area contributed by atoms with E-state index in [0.717, 1.165) is 0 Å². The van der Waals surface area contributed by atoms with Crippen molar-refractivity contribution in [2.24, 2.45) is 0 Å². The molecule has 0 aromatic carbocycles. The average molecular weight is 347 g/mol. The van der Waals surface area contributed by atoms with Gasteiger partial charge in [-0.2, -0.15) is 4.98 Å². The summed E-state index contributed by atoms with van der Waals surface area (Å²) < 4.78 is 7.50. The van der Waals surface area contributed by atoms with Crippen LogP contribution in [0.25, 0.3) is 5.95 Å². The average Bonchev–Trinajstić information content (AvgIpc) is 3.25. The molecule has 2 aliphatic rings. The molecule has 4 rings (SSSR count). The Morgan fingerprint density at radius 2 is 2.00 bits per heavy atom. The van der Waals surface area contributed by atoms with Crippen LogP contribution in [0, 0.1) is 0 Å². The van der Waals surface area contributed by atoms with Crippen molar-refractivity contribution in [3.63, 3.8) is 0 Å². The zero-order valence-corrected chi connectivity index (χ0v) is 14.1. The molecular weight excluding hydrogens is 326 g/mol. The Bertz CT molecular complexity index is 747. The van der Waals surface area contributed by atoms with Crippen molar-refractivity contribution in [1.82, 2.24) is 34.8 Å². The number of carbonyl (C=O) groups excluding carboxylic acids is 1. The summed E-state index contributed by atoms with van der Waals surface area (Å²) in [7, 11) is 0. The van der Waals surface area contributed by atoms with E-state index in [0.29, 0.717) is 51.3 Å². The normalized spacial score (nSPS) is 26.1. The van der Waals surface area contributed by atoms with Crippen LogP contribution < -0.4 is 0 Å². The van der Waals surface area contributed by atoms with E-state index < -0.39 is 5.60 Å². The van der Waals surface area contributed by atoms with Crippen molar-refractivity contribution in [2.75, 3.05) is 19.7 Å². The summed E-state index contributed by atoms with van der Waals surface area (Å²) in [6.07, 6.45) is 5.62. The van der Waals surface area contributed by atoms with Crippen LogP contribution in [0.15, 0.2) is 12.7 Å². The van der Waals surface area contributed by atoms with Gasteiger partial charge in [0.1, 0.15) is 12.7 Å². The van der Waals surface area contributed by atoms with Crippen molar-refractivity contribution < 1.29 is 14.6 Å². The van der Waals surface area contributed by atoms with Crippen molar-refractivity contribution in [2.45, 2.75) is 43.8 Å². The quantitative estimate of drug-likeness (QED) is 0.779. The summed E-state index contributed by atoms with van der Waals surface area (Å²) >= 11 is 0. The van der Waals surface area contributed by atoms with E-state index in [1.54, 1.807) is 4.90 Å². The zero-order valence-electron chi connectivity index (χ0n) is 14.1. The minimum atomic E-state index is -0.691. The Kier molecular flexibility index (Phi) is 3.80. The van der Waals surface area contributed by atoms with E-state index in [2.05, 4.69) is 25.4 Å². The molecule has 1 unspecified atom stereocenters. The van der Waals surface area contributed by atoms with Crippen molar-refractivity contribution >= 4 is 5.91 Å². The second kappa shape index (κ2) is 5.88. The van der Waals surface area contributed by atoms with Gasteiger partial charge >= 0.3 is 0 Å². The SMILES string of the molecule is CC1(O)CCOC2(CCN(C(=O)c3nc(-n4cnnc4)n[nH]3)CC2)C1. The number of hydrogen-bond donors (Lipinski definition) is 2. The highest BCUT2D eigenvalue weighted by Gasteiger charge is 2.45. The fourth-order valence-electron chi connectivity index (χ4n) is 3.68. The number of aliphatic hydroxyl groups is 1. The minimum absolute atomic E-state index is 0.191. The van der Waals surface area contributed by atoms with Crippen molar-refractivity contribution in [3.8, 4) is 5.95 Å². The molecule has 2 aliphatic heterocycles. The van der Waals surface area contributed by atoms with Gasteiger partial charge < -0.3 is 14.7 Å². The van der Waals surface area contributed by atoms with Crippen LogP contribution in [0.1, 0.15) is 43.2 Å². The molecule has 2 saturated heterocycles. The third-order valence-corrected chi connectivity index (χ3v) is 5.04. The number of nitrogens with zero attached hydrogens (tertiary/aromatic N) is 6. The first-order chi connectivity index (χ1) is 12.0. The summed E-state index contributed by atoms with van der Waals surface area (Å²) in [6, 6.07) is 0. The van der Waals surface area contributed by atoms with Gasteiger partial charge in [-0.05, 0) is 26.2 Å². The van der Waals surface area contributed by atoms with Crippen LogP contribution in [-0.4, -0.2) is 76.8 Å². The highest BCUT2D eigenvalue weighted by atomic mass is 16.5. The zero-order chi connectivity index (χ0) is 17.5. The molecule has 2 aromatic heterocycles. The molecule has 1 atom stereocenters. The maximum atomic E-state index is 12.6. The predicted octanol–water partition coefficient (Wildman–Crippen LogP) is -0.0784. The predicted molar refractivity (Wildman–Crippen MR) is 85.0 cm³/mol. The Balaban J connectivity index is 1.42. The standard InChI is InChI=1S/C15H21N7O3/c1-14(24)4-7-25-15(8-14)2-5-21(6-3-15)12(23)11-18-13(20-19-11)22-9-16-17-10-22/h9-10,24H,2-8H2,1H3,(H,18,19,20). The molecule has 0 bridgehead atoms. The first-order valence-electron chi connectivity index (χ1n) is 8.40. The van der Waals surface area contributed by atoms with Gasteiger partial charge in [0.15, 0.2) is 0 Å². The number of H-pyrrole nitrogens is 1. The molecule has 0 saturated carbocycles. The molecule has 2 N–H and O–H groups in total. The molecule has 10 nitrogen and oxygen atoms in total. The number of piperidine rings is 1. The molecule has 134 valence electrons. The van der Waals surface area contributed by atoms with Crippen LogP contribution >= 0.6 is 0 Å². The molecule has 25 heavy (non-hydrogen) atoms. The van der Waals surface area contributed by atoms with Crippen LogP contribution in [-0.2, 0) is 4.74 Å². The first kappa shape index (κ1) is 16.2. The van der Waals surface area contributed by atoms with Gasteiger partial charge in [-0.3, -0.25) is 14.5 Å². The van der Waals surface area contributed by atoms with Crippen molar-refractivity contribution in [1.29, 1.82) is 0 Å². The summed E-state index contributed by atoms with van der Waals surface area (Å²) in [6.45, 7) is 3.55. The Hall–Kier alpha value is -2.33. The third kappa shape index (κ3) is 3.14. The summed E-state index contributed by atoms with van der Waals surface area (Å²) in [4.78, 5) is 18.6. The smallest absolute Gasteiger partial charge is 0.291 e. The summed E-state index contributed by atoms with van der Waals surface area (Å²) in [5.74, 6) is 0.328. The van der Waals surface area contributed by atoms with E-state index in [4.69, 9.17) is 4.74 Å². The molecule has 1 spiro atoms. The van der Waals surface area contributed by atoms with Gasteiger partial charge in [0.25, 0.3) is 11.9 Å². The molecule has 0 radical (unpaired) electrons. The van der Waals surface area contributed by atoms with Gasteiger partial charge in [0.2, 0.25) is 5.82 Å². The fraction of sp³-hybridized carbons (Fsp3) is 0.667. The van der Waals surface area contributed by atoms with Crippen LogP contribution in [0.3, 0.4) is 0 Å². The lowest BCUT2D eigenvalue weighted by molar-refractivity contribution is -0.170. The highest BCUT2D eigenvalue weighted by Crippen LogP contribution is 2.39. The monoisotopic (exact) mass is 347 g/mol. The second-order valence-corrected chi connectivity index (χ2v) is 7.10. The number of aromatic amines is 1. The van der Waals surface area contributed by atoms with E-state index in [1.807, 2.05) is 6.92 Å². The topological polar surface area (TPSA) is 122 Å². The minimum Gasteiger partial charge on any atom is -0.390 e. The Labute approximate surface area is 144 Å². The number of likely N-dealkylation sites (tertiary alicyclic amines) is 1. The maximum absolute atomic E-state index is 12.6. The molecule has 2 fully saturated rings.